The molecule has 1 amide bonds. The maximum Gasteiger partial charge on any atom is 0.408 e. The molecule has 2 heterocycles. The fourth-order valence-corrected chi connectivity index (χ4v) is 2.88. The summed E-state index contributed by atoms with van der Waals surface area (Å²) in [4.78, 5) is 25.6. The van der Waals surface area contributed by atoms with Crippen LogP contribution < -0.4 is 10.1 Å². The zero-order valence-electron chi connectivity index (χ0n) is 21.6. The van der Waals surface area contributed by atoms with Gasteiger partial charge in [0.25, 0.3) is 5.88 Å². The highest BCUT2D eigenvalue weighted by atomic mass is 16.6. The lowest BCUT2D eigenvalue weighted by atomic mass is 10.1. The number of ether oxygens (including phenoxy) is 3. The molecule has 0 radical (unpaired) electrons. The lowest BCUT2D eigenvalue weighted by Gasteiger charge is -2.26. The topological polar surface area (TPSA) is 143 Å². The third-order valence-corrected chi connectivity index (χ3v) is 4.07. The Morgan fingerprint density at radius 3 is 2.18 bits per heavy atom. The van der Waals surface area contributed by atoms with E-state index < -0.39 is 29.3 Å². The van der Waals surface area contributed by atoms with E-state index in [1.807, 2.05) is 27.7 Å². The summed E-state index contributed by atoms with van der Waals surface area (Å²) in [6.07, 6.45) is -1.05. The molecule has 1 atom stereocenters. The highest BCUT2D eigenvalue weighted by Crippen LogP contribution is 2.32. The lowest BCUT2D eigenvalue weighted by Crippen LogP contribution is -2.47. The van der Waals surface area contributed by atoms with Crippen molar-refractivity contribution >= 4 is 12.1 Å². The zero-order chi connectivity index (χ0) is 25.8. The Morgan fingerprint density at radius 2 is 1.65 bits per heavy atom. The molecular formula is C22H36N6O6. The van der Waals surface area contributed by atoms with Gasteiger partial charge in [0.2, 0.25) is 11.6 Å². The zero-order valence-corrected chi connectivity index (χ0v) is 21.6. The van der Waals surface area contributed by atoms with E-state index in [1.54, 1.807) is 46.2 Å². The molecule has 1 unspecified atom stereocenters. The molecule has 0 aliphatic carbocycles. The molecule has 12 heteroatoms. The number of hydrogen-bond donors (Lipinski definition) is 1. The fraction of sp³-hybridized carbons (Fsp3) is 0.727. The van der Waals surface area contributed by atoms with E-state index in [0.717, 1.165) is 0 Å². The molecule has 2 aromatic rings. The molecule has 0 aliphatic rings. The minimum atomic E-state index is -1.12. The molecule has 0 fully saturated rings. The van der Waals surface area contributed by atoms with E-state index in [-0.39, 0.29) is 30.2 Å². The fourth-order valence-electron chi connectivity index (χ4n) is 2.88. The Labute approximate surface area is 199 Å². The van der Waals surface area contributed by atoms with Crippen LogP contribution >= 0.6 is 0 Å². The first-order valence-electron chi connectivity index (χ1n) is 11.2. The van der Waals surface area contributed by atoms with E-state index in [4.69, 9.17) is 18.7 Å². The Hall–Kier alpha value is -3.18. The molecule has 12 nitrogen and oxygen atoms in total. The van der Waals surface area contributed by atoms with E-state index in [2.05, 4.69) is 26.0 Å². The number of nitrogens with one attached hydrogen (secondary N) is 1. The van der Waals surface area contributed by atoms with Gasteiger partial charge in [0.15, 0.2) is 0 Å². The van der Waals surface area contributed by atoms with Crippen molar-refractivity contribution in [2.45, 2.75) is 105 Å². The van der Waals surface area contributed by atoms with Crippen LogP contribution in [0.3, 0.4) is 0 Å². The quantitative estimate of drug-likeness (QED) is 0.558. The Bertz CT molecular complexity index is 983. The Morgan fingerprint density at radius 1 is 1.03 bits per heavy atom. The largest absolute Gasteiger partial charge is 0.473 e. The first kappa shape index (κ1) is 27.1. The van der Waals surface area contributed by atoms with Crippen LogP contribution in [0.4, 0.5) is 4.79 Å². The number of hydrogen-bond acceptors (Lipinski definition) is 10. The predicted octanol–water partition coefficient (Wildman–Crippen LogP) is 3.47. The summed E-state index contributed by atoms with van der Waals surface area (Å²) in [5.41, 5.74) is -1.12. The number of carbonyl (C=O) groups excluding carboxylic acids is 2. The van der Waals surface area contributed by atoms with Gasteiger partial charge in [0.05, 0.1) is 17.7 Å². The van der Waals surface area contributed by atoms with Crippen LogP contribution in [-0.4, -0.2) is 60.8 Å². The molecule has 2 aromatic heterocycles. The highest BCUT2D eigenvalue weighted by Gasteiger charge is 2.34. The molecule has 190 valence electrons. The first-order valence-corrected chi connectivity index (χ1v) is 11.2. The van der Waals surface area contributed by atoms with Crippen LogP contribution in [0.5, 0.6) is 5.88 Å². The number of carbonyl (C=O) groups is 2. The molecule has 2 rings (SSSR count). The van der Waals surface area contributed by atoms with Crippen LogP contribution in [0.25, 0.3) is 11.6 Å². The Kier molecular flexibility index (Phi) is 8.27. The van der Waals surface area contributed by atoms with Gasteiger partial charge in [0, 0.05) is 6.42 Å². The number of rotatable bonds is 8. The van der Waals surface area contributed by atoms with Gasteiger partial charge >= 0.3 is 12.1 Å². The van der Waals surface area contributed by atoms with Crippen molar-refractivity contribution in [3.63, 3.8) is 0 Å². The monoisotopic (exact) mass is 480 g/mol. The maximum atomic E-state index is 13.1. The molecule has 0 spiro atoms. The first-order chi connectivity index (χ1) is 15.6. The highest BCUT2D eigenvalue weighted by molar-refractivity contribution is 5.82. The van der Waals surface area contributed by atoms with Crippen molar-refractivity contribution in [1.82, 2.24) is 30.7 Å². The van der Waals surface area contributed by atoms with Gasteiger partial charge < -0.3 is 24.1 Å². The normalized spacial score (nSPS) is 13.2. The number of tetrazole rings is 1. The van der Waals surface area contributed by atoms with Gasteiger partial charge in [0.1, 0.15) is 17.2 Å². The lowest BCUT2D eigenvalue weighted by molar-refractivity contribution is -0.157. The van der Waals surface area contributed by atoms with Crippen LogP contribution in [0.2, 0.25) is 0 Å². The van der Waals surface area contributed by atoms with Crippen molar-refractivity contribution in [3.8, 4) is 17.5 Å². The predicted molar refractivity (Wildman–Crippen MR) is 122 cm³/mol. The third-order valence-electron chi connectivity index (χ3n) is 4.07. The van der Waals surface area contributed by atoms with Gasteiger partial charge in [-0.3, -0.25) is 0 Å². The van der Waals surface area contributed by atoms with Crippen LogP contribution in [-0.2, 0) is 20.7 Å². The summed E-state index contributed by atoms with van der Waals surface area (Å²) in [5, 5.41) is 18.4. The number of aromatic nitrogens is 5. The third kappa shape index (κ3) is 7.70. The number of amides is 1. The summed E-state index contributed by atoms with van der Waals surface area (Å²) in [6.45, 7) is 17.9. The van der Waals surface area contributed by atoms with E-state index >= 15 is 0 Å². The van der Waals surface area contributed by atoms with Crippen LogP contribution in [0.1, 0.15) is 80.8 Å². The molecule has 0 saturated carbocycles. The number of esters is 1. The summed E-state index contributed by atoms with van der Waals surface area (Å²) in [6, 6.07) is -1.19. The van der Waals surface area contributed by atoms with Crippen molar-refractivity contribution in [1.29, 1.82) is 0 Å². The minimum absolute atomic E-state index is 0.0556. The van der Waals surface area contributed by atoms with Crippen molar-refractivity contribution in [3.05, 3.63) is 5.56 Å². The summed E-state index contributed by atoms with van der Waals surface area (Å²) in [7, 11) is 0. The van der Waals surface area contributed by atoms with Crippen LogP contribution in [0.15, 0.2) is 4.52 Å². The van der Waals surface area contributed by atoms with Gasteiger partial charge in [-0.1, -0.05) is 0 Å². The van der Waals surface area contributed by atoms with E-state index in [0.29, 0.717) is 11.4 Å². The van der Waals surface area contributed by atoms with Crippen molar-refractivity contribution in [2.75, 3.05) is 0 Å². The summed E-state index contributed by atoms with van der Waals surface area (Å²) >= 11 is 0. The van der Waals surface area contributed by atoms with Gasteiger partial charge in [-0.15, -0.1) is 5.10 Å². The maximum absolute atomic E-state index is 13.1. The number of nitrogens with zero attached hydrogens (tertiary/aromatic N) is 5. The smallest absolute Gasteiger partial charge is 0.408 e. The average Bonchev–Trinajstić information content (AvgIpc) is 3.25. The van der Waals surface area contributed by atoms with Gasteiger partial charge in [-0.05, 0) is 84.8 Å². The second-order valence-electron chi connectivity index (χ2n) is 10.4. The minimum Gasteiger partial charge on any atom is -0.473 e. The van der Waals surface area contributed by atoms with Crippen molar-refractivity contribution < 1.29 is 28.3 Å². The second-order valence-corrected chi connectivity index (χ2v) is 10.4. The standard InChI is InChI=1S/C22H36N6O6/c1-12(2)28-17(24-26-27-28)16-14(18(25-34-16)31-13(3)4)11-15(19(29)32-21(5,6)7)23-20(30)33-22(8,9)10/h12-13,15H,11H2,1-10H3,(H,23,30). The summed E-state index contributed by atoms with van der Waals surface area (Å²) < 4.78 is 23.8. The molecule has 0 aromatic carbocycles. The van der Waals surface area contributed by atoms with E-state index in [9.17, 15) is 9.59 Å². The molecule has 34 heavy (non-hydrogen) atoms. The molecule has 0 aliphatic heterocycles. The van der Waals surface area contributed by atoms with Crippen LogP contribution in [0, 0.1) is 0 Å². The SMILES string of the molecule is CC(C)Oc1noc(-c2nnnn2C(C)C)c1CC(NC(=O)OC(C)(C)C)C(=O)OC(C)(C)C. The Balaban J connectivity index is 2.50. The molecule has 1 N–H and O–H groups in total. The van der Waals surface area contributed by atoms with Gasteiger partial charge in [-0.25, -0.2) is 14.3 Å². The average molecular weight is 481 g/mol. The molecule has 0 saturated heterocycles. The molecular weight excluding hydrogens is 444 g/mol. The van der Waals surface area contributed by atoms with Gasteiger partial charge in [-0.2, -0.15) is 0 Å². The molecule has 0 bridgehead atoms. The summed E-state index contributed by atoms with van der Waals surface area (Å²) in [5.74, 6) is 0.0671. The van der Waals surface area contributed by atoms with E-state index in [1.165, 1.54) is 0 Å². The van der Waals surface area contributed by atoms with Crippen molar-refractivity contribution in [2.24, 2.45) is 0 Å². The second kappa shape index (κ2) is 10.4. The number of alkyl carbamates (subject to hydrolysis) is 1.